The van der Waals surface area contributed by atoms with Gasteiger partial charge in [0.05, 0.1) is 6.10 Å². The average molecular weight is 409 g/mol. The van der Waals surface area contributed by atoms with E-state index in [-0.39, 0.29) is 18.0 Å². The second-order valence-electron chi connectivity index (χ2n) is 5.52. The Bertz CT molecular complexity index is 670. The van der Waals surface area contributed by atoms with Gasteiger partial charge < -0.3 is 19.9 Å². The lowest BCUT2D eigenvalue weighted by molar-refractivity contribution is -0.194. The molecule has 0 aromatic carbocycles. The third-order valence-electron chi connectivity index (χ3n) is 3.54. The van der Waals surface area contributed by atoms with Crippen LogP contribution in [0.15, 0.2) is 15.7 Å². The third kappa shape index (κ3) is 2.51. The molecule has 8 nitrogen and oxygen atoms in total. The zero-order chi connectivity index (χ0) is 15.4. The van der Waals surface area contributed by atoms with E-state index in [1.807, 2.05) is 13.8 Å². The Balaban J connectivity index is 2.04. The van der Waals surface area contributed by atoms with Gasteiger partial charge in [-0.1, -0.05) is 22.6 Å². The first-order chi connectivity index (χ1) is 9.82. The van der Waals surface area contributed by atoms with Gasteiger partial charge in [0.15, 0.2) is 12.0 Å². The summed E-state index contributed by atoms with van der Waals surface area (Å²) in [6, 6.07) is 1.15. The van der Waals surface area contributed by atoms with Crippen molar-refractivity contribution in [1.29, 1.82) is 0 Å². The molecule has 21 heavy (non-hydrogen) atoms. The molecular weight excluding hydrogens is 393 g/mol. The van der Waals surface area contributed by atoms with E-state index in [1.54, 1.807) is 0 Å². The predicted molar refractivity (Wildman–Crippen MR) is 82.4 cm³/mol. The number of alkyl halides is 1. The Morgan fingerprint density at radius 3 is 2.67 bits per heavy atom. The van der Waals surface area contributed by atoms with E-state index in [2.05, 4.69) is 27.6 Å². The van der Waals surface area contributed by atoms with Crippen LogP contribution in [0.3, 0.4) is 0 Å². The lowest BCUT2D eigenvalue weighted by Crippen LogP contribution is -2.39. The number of hydrogen-bond acceptors (Lipinski definition) is 6. The molecule has 2 aliphatic rings. The summed E-state index contributed by atoms with van der Waals surface area (Å²) in [7, 11) is 0. The lowest BCUT2D eigenvalue weighted by Gasteiger charge is -2.25. The number of aromatic amines is 1. The largest absolute Gasteiger partial charge is 0.385 e. The van der Waals surface area contributed by atoms with E-state index in [1.165, 1.54) is 4.57 Å². The molecule has 0 bridgehead atoms. The van der Waals surface area contributed by atoms with E-state index >= 15 is 0 Å². The Kier molecular flexibility index (Phi) is 3.62. The summed E-state index contributed by atoms with van der Waals surface area (Å²) in [6.45, 7) is 3.62. The van der Waals surface area contributed by atoms with E-state index in [0.717, 1.165) is 6.07 Å². The van der Waals surface area contributed by atoms with Gasteiger partial charge in [0, 0.05) is 10.5 Å². The minimum Gasteiger partial charge on any atom is -0.385 e. The maximum absolute atomic E-state index is 12.0. The Labute approximate surface area is 133 Å². The molecule has 3 heterocycles. The zero-order valence-electron chi connectivity index (χ0n) is 11.5. The summed E-state index contributed by atoms with van der Waals surface area (Å²) >= 11 is 2.19. The first-order valence-corrected chi connectivity index (χ1v) is 8.03. The molecule has 9 heteroatoms. The number of nitrogens with one attached hydrogen (secondary N) is 1. The number of nitrogens with zero attached hydrogens (tertiary/aromatic N) is 1. The first kappa shape index (κ1) is 15.0. The van der Waals surface area contributed by atoms with Crippen LogP contribution >= 0.6 is 22.6 Å². The number of fused-ring (bicyclic) bond motifs is 1. The van der Waals surface area contributed by atoms with Crippen LogP contribution in [0.5, 0.6) is 0 Å². The lowest BCUT2D eigenvalue weighted by atomic mass is 10.1. The second-order valence-corrected chi connectivity index (χ2v) is 6.40. The summed E-state index contributed by atoms with van der Waals surface area (Å²) in [6.07, 6.45) is -1.66. The van der Waals surface area contributed by atoms with Crippen LogP contribution in [-0.4, -0.2) is 38.1 Å². The van der Waals surface area contributed by atoms with Gasteiger partial charge in [0.2, 0.25) is 0 Å². The summed E-state index contributed by atoms with van der Waals surface area (Å²) in [5, 5.41) is 0. The molecule has 4 unspecified atom stereocenters. The smallest absolute Gasteiger partial charge is 0.332 e. The highest BCUT2D eigenvalue weighted by molar-refractivity contribution is 14.1. The van der Waals surface area contributed by atoms with Crippen molar-refractivity contribution in [2.24, 2.45) is 0 Å². The first-order valence-electron chi connectivity index (χ1n) is 6.51. The molecule has 2 aliphatic heterocycles. The molecule has 0 spiro atoms. The highest BCUT2D eigenvalue weighted by Crippen LogP contribution is 2.43. The van der Waals surface area contributed by atoms with Crippen molar-refractivity contribution in [2.75, 3.05) is 10.2 Å². The highest BCUT2D eigenvalue weighted by Gasteiger charge is 2.55. The number of ether oxygens (including phenoxy) is 3. The Morgan fingerprint density at radius 2 is 2.05 bits per heavy atom. The fourth-order valence-corrected chi connectivity index (χ4v) is 3.49. The van der Waals surface area contributed by atoms with Crippen molar-refractivity contribution in [3.05, 3.63) is 26.9 Å². The van der Waals surface area contributed by atoms with Crippen molar-refractivity contribution in [1.82, 2.24) is 9.55 Å². The van der Waals surface area contributed by atoms with E-state index in [4.69, 9.17) is 19.9 Å². The van der Waals surface area contributed by atoms with E-state index < -0.39 is 29.4 Å². The minimum absolute atomic E-state index is 0.0370. The van der Waals surface area contributed by atoms with Crippen LogP contribution < -0.4 is 17.0 Å². The summed E-state index contributed by atoms with van der Waals surface area (Å²) < 4.78 is 19.5. The van der Waals surface area contributed by atoms with Crippen molar-refractivity contribution in [2.45, 2.75) is 44.2 Å². The molecule has 3 N–H and O–H groups in total. The van der Waals surface area contributed by atoms with Crippen LogP contribution in [0.25, 0.3) is 0 Å². The molecule has 0 aliphatic carbocycles. The normalized spacial score (nSPS) is 34.0. The van der Waals surface area contributed by atoms with Crippen LogP contribution in [0.2, 0.25) is 0 Å². The van der Waals surface area contributed by atoms with E-state index in [9.17, 15) is 9.59 Å². The molecule has 0 amide bonds. The van der Waals surface area contributed by atoms with Gasteiger partial charge in [0.1, 0.15) is 18.0 Å². The number of nitrogens with two attached hydrogens (primary N) is 1. The molecule has 0 radical (unpaired) electrons. The SMILES string of the molecule is CC1(C)OC2C(CI)OC(n3c(N)cc(=O)[nH]c3=O)C2O1. The maximum Gasteiger partial charge on any atom is 0.332 e. The van der Waals surface area contributed by atoms with E-state index in [0.29, 0.717) is 4.43 Å². The maximum atomic E-state index is 12.0. The van der Waals surface area contributed by atoms with Crippen molar-refractivity contribution in [3.63, 3.8) is 0 Å². The number of hydrogen-bond donors (Lipinski definition) is 2. The van der Waals surface area contributed by atoms with Crippen molar-refractivity contribution < 1.29 is 14.2 Å². The zero-order valence-corrected chi connectivity index (χ0v) is 13.7. The van der Waals surface area contributed by atoms with Gasteiger partial charge in [0.25, 0.3) is 5.56 Å². The Hall–Kier alpha value is -0.910. The second kappa shape index (κ2) is 5.07. The molecule has 2 fully saturated rings. The van der Waals surface area contributed by atoms with Crippen LogP contribution in [0, 0.1) is 0 Å². The standard InChI is InChI=1S/C12H16IN3O5/c1-12(2)20-8-5(4-13)19-10(9(8)21-12)16-6(14)3-7(17)15-11(16)18/h3,5,8-10H,4,14H2,1-2H3,(H,15,17,18). The van der Waals surface area contributed by atoms with Crippen LogP contribution in [0.4, 0.5) is 5.82 Å². The summed E-state index contributed by atoms with van der Waals surface area (Å²) in [5.41, 5.74) is 4.64. The summed E-state index contributed by atoms with van der Waals surface area (Å²) in [5.74, 6) is -0.711. The number of aromatic nitrogens is 2. The molecular formula is C12H16IN3O5. The number of anilines is 1. The molecule has 1 aromatic rings. The quantitative estimate of drug-likeness (QED) is 0.525. The predicted octanol–water partition coefficient (Wildman–Crippen LogP) is -0.0287. The van der Waals surface area contributed by atoms with Crippen molar-refractivity contribution >= 4 is 28.4 Å². The fourth-order valence-electron chi connectivity index (χ4n) is 2.78. The molecule has 2 saturated heterocycles. The average Bonchev–Trinajstić information content (AvgIpc) is 2.82. The molecule has 0 saturated carbocycles. The van der Waals surface area contributed by atoms with Gasteiger partial charge in [-0.15, -0.1) is 0 Å². The number of H-pyrrole nitrogens is 1. The van der Waals surface area contributed by atoms with Gasteiger partial charge in [-0.05, 0) is 13.8 Å². The number of nitrogen functional groups attached to an aromatic ring is 1. The molecule has 3 rings (SSSR count). The van der Waals surface area contributed by atoms with Crippen LogP contribution in [-0.2, 0) is 14.2 Å². The van der Waals surface area contributed by atoms with Crippen molar-refractivity contribution in [3.8, 4) is 0 Å². The van der Waals surface area contributed by atoms with Gasteiger partial charge in [-0.3, -0.25) is 14.3 Å². The highest BCUT2D eigenvalue weighted by atomic mass is 127. The Morgan fingerprint density at radius 1 is 1.38 bits per heavy atom. The number of halogens is 1. The fraction of sp³-hybridized carbons (Fsp3) is 0.667. The van der Waals surface area contributed by atoms with Crippen LogP contribution in [0.1, 0.15) is 20.1 Å². The monoisotopic (exact) mass is 409 g/mol. The topological polar surface area (TPSA) is 109 Å². The molecule has 1 aromatic heterocycles. The third-order valence-corrected chi connectivity index (χ3v) is 4.41. The van der Waals surface area contributed by atoms with Gasteiger partial charge in [-0.25, -0.2) is 4.79 Å². The number of rotatable bonds is 2. The molecule has 4 atom stereocenters. The molecule has 116 valence electrons. The van der Waals surface area contributed by atoms with Gasteiger partial charge in [-0.2, -0.15) is 0 Å². The van der Waals surface area contributed by atoms with Gasteiger partial charge >= 0.3 is 5.69 Å². The summed E-state index contributed by atoms with van der Waals surface area (Å²) in [4.78, 5) is 25.5. The minimum atomic E-state index is -0.748.